The van der Waals surface area contributed by atoms with Crippen molar-refractivity contribution in [3.05, 3.63) is 0 Å². The van der Waals surface area contributed by atoms with Crippen LogP contribution in [0.1, 0.15) is 12.8 Å². The number of hydrogen-bond acceptors (Lipinski definition) is 3. The van der Waals surface area contributed by atoms with Crippen LogP contribution in [-0.4, -0.2) is 23.7 Å². The van der Waals surface area contributed by atoms with E-state index in [1.807, 2.05) is 0 Å². The van der Waals surface area contributed by atoms with Gasteiger partial charge in [-0.1, -0.05) is 0 Å². The highest BCUT2D eigenvalue weighted by atomic mass is 16.4. The van der Waals surface area contributed by atoms with Crippen LogP contribution in [0.25, 0.3) is 0 Å². The van der Waals surface area contributed by atoms with E-state index in [-0.39, 0.29) is 12.5 Å². The number of carboxylic acids is 1. The molecule has 0 fully saturated rings. The highest BCUT2D eigenvalue weighted by Crippen LogP contribution is 1.91. The Balaban J connectivity index is 3.26. The van der Waals surface area contributed by atoms with Crippen molar-refractivity contribution in [2.75, 3.05) is 6.54 Å². The zero-order valence-corrected chi connectivity index (χ0v) is 5.21. The second-order valence-electron chi connectivity index (χ2n) is 1.94. The molecule has 0 spiro atoms. The second kappa shape index (κ2) is 4.29. The molecule has 0 aromatic rings. The number of carbonyl (C=O) groups is 1. The highest BCUT2D eigenvalue weighted by molar-refractivity contribution is 5.67. The molecule has 4 heteroatoms. The molecule has 4 nitrogen and oxygen atoms in total. The Kier molecular flexibility index (Phi) is 4.00. The van der Waals surface area contributed by atoms with Crippen molar-refractivity contribution in [2.24, 2.45) is 11.5 Å². The van der Waals surface area contributed by atoms with Crippen molar-refractivity contribution in [3.63, 3.8) is 0 Å². The maximum Gasteiger partial charge on any atom is 0.304 e. The van der Waals surface area contributed by atoms with Gasteiger partial charge in [0.05, 0.1) is 6.42 Å². The molecule has 0 unspecified atom stereocenters. The molecule has 0 aromatic heterocycles. The summed E-state index contributed by atoms with van der Waals surface area (Å²) < 4.78 is 0. The van der Waals surface area contributed by atoms with Crippen LogP contribution in [0.2, 0.25) is 0 Å². The van der Waals surface area contributed by atoms with Crippen LogP contribution >= 0.6 is 0 Å². The van der Waals surface area contributed by atoms with Crippen LogP contribution in [0.3, 0.4) is 0 Å². The molecule has 0 aromatic carbocycles. The lowest BCUT2D eigenvalue weighted by Gasteiger charge is -2.04. The van der Waals surface area contributed by atoms with Gasteiger partial charge in [0.15, 0.2) is 0 Å². The third-order valence-corrected chi connectivity index (χ3v) is 0.974. The van der Waals surface area contributed by atoms with E-state index < -0.39 is 5.97 Å². The average molecular weight is 132 g/mol. The van der Waals surface area contributed by atoms with Gasteiger partial charge in [-0.3, -0.25) is 4.79 Å². The largest absolute Gasteiger partial charge is 0.481 e. The predicted octanol–water partition coefficient (Wildman–Crippen LogP) is -0.863. The smallest absolute Gasteiger partial charge is 0.304 e. The maximum atomic E-state index is 9.96. The fourth-order valence-electron chi connectivity index (χ4n) is 0.540. The number of rotatable bonds is 4. The molecule has 54 valence electrons. The van der Waals surface area contributed by atoms with Gasteiger partial charge in [0.1, 0.15) is 0 Å². The molecule has 5 N–H and O–H groups in total. The quantitative estimate of drug-likeness (QED) is 0.464. The fraction of sp³-hybridized carbons (Fsp3) is 0.800. The first kappa shape index (κ1) is 8.39. The van der Waals surface area contributed by atoms with E-state index in [4.69, 9.17) is 16.6 Å². The van der Waals surface area contributed by atoms with E-state index in [9.17, 15) is 4.79 Å². The standard InChI is InChI=1S/C5H12N2O2/c6-2-1-4(7)3-5(8)9/h4H,1-3,6-7H2,(H,8,9)/t4-/m1/s1. The van der Waals surface area contributed by atoms with Gasteiger partial charge in [0, 0.05) is 6.04 Å². The summed E-state index contributed by atoms with van der Waals surface area (Å²) in [5.74, 6) is -0.865. The summed E-state index contributed by atoms with van der Waals surface area (Å²) in [6.45, 7) is 0.453. The molecule has 1 atom stereocenters. The lowest BCUT2D eigenvalue weighted by atomic mass is 10.1. The zero-order chi connectivity index (χ0) is 7.28. The van der Waals surface area contributed by atoms with E-state index in [0.717, 1.165) is 0 Å². The van der Waals surface area contributed by atoms with Gasteiger partial charge in [0.2, 0.25) is 0 Å². The zero-order valence-electron chi connectivity index (χ0n) is 5.21. The minimum atomic E-state index is -0.865. The summed E-state index contributed by atoms with van der Waals surface area (Å²) in [4.78, 5) is 9.96. The monoisotopic (exact) mass is 132 g/mol. The van der Waals surface area contributed by atoms with Crippen molar-refractivity contribution in [2.45, 2.75) is 18.9 Å². The van der Waals surface area contributed by atoms with Crippen molar-refractivity contribution >= 4 is 5.97 Å². The van der Waals surface area contributed by atoms with Gasteiger partial charge in [-0.25, -0.2) is 0 Å². The third kappa shape index (κ3) is 5.26. The van der Waals surface area contributed by atoms with Crippen LogP contribution in [0.15, 0.2) is 0 Å². The predicted molar refractivity (Wildman–Crippen MR) is 33.9 cm³/mol. The van der Waals surface area contributed by atoms with E-state index in [1.54, 1.807) is 0 Å². The molecule has 0 amide bonds. The minimum absolute atomic E-state index is 0.0111. The summed E-state index contributed by atoms with van der Waals surface area (Å²) >= 11 is 0. The SMILES string of the molecule is NCC[C@@H](N)CC(=O)O. The van der Waals surface area contributed by atoms with Crippen LogP contribution in [0.4, 0.5) is 0 Å². The number of nitrogens with two attached hydrogens (primary N) is 2. The lowest BCUT2D eigenvalue weighted by molar-refractivity contribution is -0.137. The summed E-state index contributed by atoms with van der Waals surface area (Å²) in [7, 11) is 0. The Morgan fingerprint density at radius 1 is 1.67 bits per heavy atom. The van der Waals surface area contributed by atoms with Crippen molar-refractivity contribution in [3.8, 4) is 0 Å². The molecule has 0 rings (SSSR count). The molecule has 0 aliphatic carbocycles. The first-order valence-corrected chi connectivity index (χ1v) is 2.84. The van der Waals surface area contributed by atoms with E-state index in [1.165, 1.54) is 0 Å². The van der Waals surface area contributed by atoms with E-state index in [0.29, 0.717) is 13.0 Å². The molecule has 0 radical (unpaired) electrons. The molecule has 0 aliphatic heterocycles. The Hall–Kier alpha value is -0.610. The lowest BCUT2D eigenvalue weighted by Crippen LogP contribution is -2.26. The Morgan fingerprint density at radius 3 is 2.56 bits per heavy atom. The van der Waals surface area contributed by atoms with Gasteiger partial charge in [0.25, 0.3) is 0 Å². The van der Waals surface area contributed by atoms with Crippen molar-refractivity contribution < 1.29 is 9.90 Å². The van der Waals surface area contributed by atoms with Gasteiger partial charge in [-0.2, -0.15) is 0 Å². The van der Waals surface area contributed by atoms with Crippen LogP contribution in [-0.2, 0) is 4.79 Å². The summed E-state index contributed by atoms with van der Waals surface area (Å²) in [5.41, 5.74) is 10.5. The molecule has 0 saturated carbocycles. The van der Waals surface area contributed by atoms with Crippen molar-refractivity contribution in [1.82, 2.24) is 0 Å². The molecule has 0 bridgehead atoms. The molecule has 9 heavy (non-hydrogen) atoms. The minimum Gasteiger partial charge on any atom is -0.481 e. The first-order chi connectivity index (χ1) is 4.16. The first-order valence-electron chi connectivity index (χ1n) is 2.84. The van der Waals surface area contributed by atoms with Crippen LogP contribution in [0.5, 0.6) is 0 Å². The fourth-order valence-corrected chi connectivity index (χ4v) is 0.540. The van der Waals surface area contributed by atoms with E-state index >= 15 is 0 Å². The molecule has 0 saturated heterocycles. The normalized spacial score (nSPS) is 13.1. The van der Waals surface area contributed by atoms with Crippen LogP contribution in [0, 0.1) is 0 Å². The second-order valence-corrected chi connectivity index (χ2v) is 1.94. The van der Waals surface area contributed by atoms with Gasteiger partial charge in [-0.05, 0) is 13.0 Å². The van der Waals surface area contributed by atoms with Crippen LogP contribution < -0.4 is 11.5 Å². The summed E-state index contributed by atoms with van der Waals surface area (Å²) in [5, 5.41) is 8.19. The average Bonchev–Trinajstić information content (AvgIpc) is 1.63. The van der Waals surface area contributed by atoms with Gasteiger partial charge in [-0.15, -0.1) is 0 Å². The highest BCUT2D eigenvalue weighted by Gasteiger charge is 2.05. The molecule has 0 aliphatic rings. The number of aliphatic carboxylic acids is 1. The molecule has 0 heterocycles. The molecular formula is C5H12N2O2. The van der Waals surface area contributed by atoms with Gasteiger partial charge >= 0.3 is 5.97 Å². The Labute approximate surface area is 53.8 Å². The number of hydrogen-bond donors (Lipinski definition) is 3. The van der Waals surface area contributed by atoms with Gasteiger partial charge < -0.3 is 16.6 Å². The Morgan fingerprint density at radius 2 is 2.22 bits per heavy atom. The number of carboxylic acid groups (broad SMARTS) is 1. The summed E-state index contributed by atoms with van der Waals surface area (Å²) in [6.07, 6.45) is 0.587. The maximum absolute atomic E-state index is 9.96. The molecular weight excluding hydrogens is 120 g/mol. The van der Waals surface area contributed by atoms with E-state index in [2.05, 4.69) is 0 Å². The Bertz CT molecular complexity index is 95.0. The summed E-state index contributed by atoms with van der Waals surface area (Å²) in [6, 6.07) is -0.285. The topological polar surface area (TPSA) is 89.3 Å². The third-order valence-electron chi connectivity index (χ3n) is 0.974. The van der Waals surface area contributed by atoms with Crippen molar-refractivity contribution in [1.29, 1.82) is 0 Å².